The van der Waals surface area contributed by atoms with Crippen LogP contribution in [0.25, 0.3) is 0 Å². The summed E-state index contributed by atoms with van der Waals surface area (Å²) < 4.78 is 21.7. The SMILES string of the molecule is N#CS[C@@H]1CS(=O)(=O)C[C@@H]1O. The first-order valence-corrected chi connectivity index (χ1v) is 5.68. The van der Waals surface area contributed by atoms with Crippen molar-refractivity contribution >= 4 is 21.6 Å². The third kappa shape index (κ3) is 2.09. The van der Waals surface area contributed by atoms with Crippen molar-refractivity contribution in [2.45, 2.75) is 11.4 Å². The maximum Gasteiger partial charge on any atom is 0.154 e. The highest BCUT2D eigenvalue weighted by atomic mass is 32.2. The molecule has 0 aromatic heterocycles. The summed E-state index contributed by atoms with van der Waals surface area (Å²) in [7, 11) is -3.09. The summed E-state index contributed by atoms with van der Waals surface area (Å²) in [5.41, 5.74) is 0. The number of rotatable bonds is 1. The molecule has 2 atom stereocenters. The first kappa shape index (κ1) is 8.84. The Hall–Kier alpha value is -0.250. The van der Waals surface area contributed by atoms with Gasteiger partial charge in [0.05, 0.1) is 22.9 Å². The van der Waals surface area contributed by atoms with E-state index in [1.54, 1.807) is 5.40 Å². The third-order valence-corrected chi connectivity index (χ3v) is 4.29. The van der Waals surface area contributed by atoms with Gasteiger partial charge in [-0.25, -0.2) is 8.42 Å². The molecular formula is C5H7NO3S2. The highest BCUT2D eigenvalue weighted by Gasteiger charge is 2.36. The van der Waals surface area contributed by atoms with Gasteiger partial charge in [0, 0.05) is 0 Å². The quantitative estimate of drug-likeness (QED) is 0.560. The molecule has 4 nitrogen and oxygen atoms in total. The second-order valence-electron chi connectivity index (χ2n) is 2.39. The van der Waals surface area contributed by atoms with Crippen molar-refractivity contribution < 1.29 is 13.5 Å². The summed E-state index contributed by atoms with van der Waals surface area (Å²) >= 11 is 0.826. The maximum absolute atomic E-state index is 10.8. The largest absolute Gasteiger partial charge is 0.391 e. The first-order chi connectivity index (χ1) is 5.05. The van der Waals surface area contributed by atoms with Gasteiger partial charge in [-0.05, 0) is 11.8 Å². The lowest BCUT2D eigenvalue weighted by molar-refractivity contribution is 0.208. The van der Waals surface area contributed by atoms with Crippen LogP contribution < -0.4 is 0 Å². The lowest BCUT2D eigenvalue weighted by Crippen LogP contribution is -2.19. The Bertz CT molecular complexity index is 279. The van der Waals surface area contributed by atoms with Crippen LogP contribution in [-0.2, 0) is 9.84 Å². The number of aliphatic hydroxyl groups is 1. The highest BCUT2D eigenvalue weighted by molar-refractivity contribution is 8.05. The Balaban J connectivity index is 2.68. The molecule has 0 aliphatic carbocycles. The molecule has 1 N–H and O–H groups in total. The van der Waals surface area contributed by atoms with Gasteiger partial charge in [-0.2, -0.15) is 5.26 Å². The lowest BCUT2D eigenvalue weighted by Gasteiger charge is -2.04. The fourth-order valence-electron chi connectivity index (χ4n) is 0.977. The van der Waals surface area contributed by atoms with Crippen LogP contribution in [0.2, 0.25) is 0 Å². The molecule has 0 saturated carbocycles. The van der Waals surface area contributed by atoms with Crippen LogP contribution >= 0.6 is 11.8 Å². The Labute approximate surface area is 69.1 Å². The molecule has 1 fully saturated rings. The number of nitrogens with zero attached hydrogens (tertiary/aromatic N) is 1. The van der Waals surface area contributed by atoms with E-state index in [9.17, 15) is 8.42 Å². The molecule has 6 heteroatoms. The van der Waals surface area contributed by atoms with Crippen LogP contribution in [0.3, 0.4) is 0 Å². The zero-order valence-corrected chi connectivity index (χ0v) is 7.23. The van der Waals surface area contributed by atoms with Gasteiger partial charge >= 0.3 is 0 Å². The molecule has 0 spiro atoms. The Morgan fingerprint density at radius 3 is 2.55 bits per heavy atom. The van der Waals surface area contributed by atoms with E-state index in [0.29, 0.717) is 0 Å². The van der Waals surface area contributed by atoms with E-state index < -0.39 is 21.2 Å². The van der Waals surface area contributed by atoms with Crippen molar-refractivity contribution in [3.63, 3.8) is 0 Å². The van der Waals surface area contributed by atoms with Gasteiger partial charge < -0.3 is 5.11 Å². The average molecular weight is 193 g/mol. The normalized spacial score (nSPS) is 34.9. The third-order valence-electron chi connectivity index (χ3n) is 1.48. The maximum atomic E-state index is 10.8. The molecule has 0 unspecified atom stereocenters. The molecule has 1 saturated heterocycles. The molecule has 1 aliphatic heterocycles. The topological polar surface area (TPSA) is 78.2 Å². The molecule has 1 aliphatic rings. The number of hydrogen-bond acceptors (Lipinski definition) is 5. The van der Waals surface area contributed by atoms with Gasteiger partial charge in [0.15, 0.2) is 9.84 Å². The minimum Gasteiger partial charge on any atom is -0.391 e. The van der Waals surface area contributed by atoms with Crippen molar-refractivity contribution in [2.75, 3.05) is 11.5 Å². The molecule has 1 rings (SSSR count). The van der Waals surface area contributed by atoms with Crippen molar-refractivity contribution in [1.82, 2.24) is 0 Å². The molecular weight excluding hydrogens is 186 g/mol. The lowest BCUT2D eigenvalue weighted by atomic mass is 10.3. The van der Waals surface area contributed by atoms with E-state index in [0.717, 1.165) is 11.8 Å². The molecule has 11 heavy (non-hydrogen) atoms. The summed E-state index contributed by atoms with van der Waals surface area (Å²) in [6.45, 7) is 0. The Kier molecular flexibility index (Phi) is 2.42. The molecule has 62 valence electrons. The van der Waals surface area contributed by atoms with Gasteiger partial charge in [0.1, 0.15) is 5.40 Å². The van der Waals surface area contributed by atoms with Crippen LogP contribution in [-0.4, -0.2) is 36.4 Å². The summed E-state index contributed by atoms with van der Waals surface area (Å²) in [6, 6.07) is 0. The van der Waals surface area contributed by atoms with Crippen molar-refractivity contribution in [3.05, 3.63) is 0 Å². The molecule has 0 bridgehead atoms. The fourth-order valence-corrected chi connectivity index (χ4v) is 3.99. The molecule has 0 radical (unpaired) electrons. The molecule has 1 heterocycles. The number of aliphatic hydroxyl groups excluding tert-OH is 1. The van der Waals surface area contributed by atoms with Crippen LogP contribution in [0.15, 0.2) is 0 Å². The second-order valence-corrected chi connectivity index (χ2v) is 5.57. The zero-order valence-electron chi connectivity index (χ0n) is 5.60. The fraction of sp³-hybridized carbons (Fsp3) is 0.800. The van der Waals surface area contributed by atoms with E-state index >= 15 is 0 Å². The number of thiocyanates is 1. The summed E-state index contributed by atoms with van der Waals surface area (Å²) in [5, 5.41) is 18.6. The Morgan fingerprint density at radius 2 is 2.18 bits per heavy atom. The van der Waals surface area contributed by atoms with Gasteiger partial charge in [0.25, 0.3) is 0 Å². The summed E-state index contributed by atoms with van der Waals surface area (Å²) in [4.78, 5) is 0. The summed E-state index contributed by atoms with van der Waals surface area (Å²) in [5.74, 6) is -0.279. The zero-order chi connectivity index (χ0) is 8.48. The van der Waals surface area contributed by atoms with Gasteiger partial charge in [-0.15, -0.1) is 0 Å². The molecule has 0 aromatic carbocycles. The summed E-state index contributed by atoms with van der Waals surface area (Å²) in [6.07, 6.45) is -0.871. The van der Waals surface area contributed by atoms with E-state index in [1.165, 1.54) is 0 Å². The number of hydrogen-bond donors (Lipinski definition) is 1. The van der Waals surface area contributed by atoms with Gasteiger partial charge in [-0.1, -0.05) is 0 Å². The van der Waals surface area contributed by atoms with Crippen LogP contribution in [0.5, 0.6) is 0 Å². The number of thioether (sulfide) groups is 1. The molecule has 0 aromatic rings. The van der Waals surface area contributed by atoms with Crippen LogP contribution in [0.1, 0.15) is 0 Å². The minimum atomic E-state index is -3.09. The van der Waals surface area contributed by atoms with E-state index in [-0.39, 0.29) is 11.5 Å². The van der Waals surface area contributed by atoms with Gasteiger partial charge in [0.2, 0.25) is 0 Å². The second kappa shape index (κ2) is 3.01. The standard InChI is InChI=1S/C5H7NO3S2/c6-3-10-5-2-11(8,9)1-4(5)7/h4-5,7H,1-2H2/t4-,5+/m0/s1. The average Bonchev–Trinajstić information content (AvgIpc) is 2.07. The van der Waals surface area contributed by atoms with Crippen molar-refractivity contribution in [2.24, 2.45) is 0 Å². The smallest absolute Gasteiger partial charge is 0.154 e. The number of nitriles is 1. The van der Waals surface area contributed by atoms with E-state index in [2.05, 4.69) is 0 Å². The van der Waals surface area contributed by atoms with Crippen molar-refractivity contribution in [3.8, 4) is 5.40 Å². The Morgan fingerprint density at radius 1 is 1.55 bits per heavy atom. The van der Waals surface area contributed by atoms with E-state index in [1.807, 2.05) is 0 Å². The predicted octanol–water partition coefficient (Wildman–Crippen LogP) is -0.641. The predicted molar refractivity (Wildman–Crippen MR) is 41.7 cm³/mol. The van der Waals surface area contributed by atoms with Crippen molar-refractivity contribution in [1.29, 1.82) is 5.26 Å². The minimum absolute atomic E-state index is 0.0770. The monoisotopic (exact) mass is 193 g/mol. The highest BCUT2D eigenvalue weighted by Crippen LogP contribution is 2.23. The van der Waals surface area contributed by atoms with E-state index in [4.69, 9.17) is 10.4 Å². The van der Waals surface area contributed by atoms with Crippen LogP contribution in [0, 0.1) is 10.7 Å². The van der Waals surface area contributed by atoms with Crippen LogP contribution in [0.4, 0.5) is 0 Å². The molecule has 0 amide bonds. The number of sulfone groups is 1. The van der Waals surface area contributed by atoms with Gasteiger partial charge in [-0.3, -0.25) is 0 Å². The first-order valence-electron chi connectivity index (χ1n) is 2.98.